The van der Waals surface area contributed by atoms with Gasteiger partial charge in [0.05, 0.1) is 4.88 Å². The third-order valence-electron chi connectivity index (χ3n) is 4.90. The highest BCUT2D eigenvalue weighted by atomic mass is 32.1. The molecule has 0 N–H and O–H groups in total. The van der Waals surface area contributed by atoms with E-state index in [4.69, 9.17) is 0 Å². The van der Waals surface area contributed by atoms with Gasteiger partial charge in [0.15, 0.2) is 5.78 Å². The minimum absolute atomic E-state index is 0.0680. The molecule has 0 aliphatic carbocycles. The monoisotopic (exact) mass is 348 g/mol. The number of thiophene rings is 1. The zero-order valence-corrected chi connectivity index (χ0v) is 14.7. The molecule has 6 heteroatoms. The molecule has 2 saturated heterocycles. The zero-order chi connectivity index (χ0) is 16.9. The largest absolute Gasteiger partial charge is 0.343 e. The quantitative estimate of drug-likeness (QED) is 0.743. The third-order valence-corrected chi connectivity index (χ3v) is 5.78. The SMILES string of the molecule is O=C(c1cccs1)[C@@H]1CCCN(C(=O)CCCN2CCCC2=O)C1. The number of hydrogen-bond donors (Lipinski definition) is 0. The standard InChI is InChI=1S/C18H24N2O3S/c21-16-7-2-9-19(16)10-3-8-17(22)20-11-1-5-14(13-20)18(23)15-6-4-12-24-15/h4,6,12,14H,1-3,5,7-11,13H2/t14-/m1/s1. The predicted molar refractivity (Wildman–Crippen MR) is 93.0 cm³/mol. The van der Waals surface area contributed by atoms with Gasteiger partial charge in [0, 0.05) is 44.9 Å². The summed E-state index contributed by atoms with van der Waals surface area (Å²) in [4.78, 5) is 41.0. The lowest BCUT2D eigenvalue weighted by Crippen LogP contribution is -2.42. The number of piperidine rings is 1. The van der Waals surface area contributed by atoms with Crippen LogP contribution >= 0.6 is 11.3 Å². The van der Waals surface area contributed by atoms with Gasteiger partial charge in [0.1, 0.15) is 0 Å². The second-order valence-corrected chi connectivity index (χ2v) is 7.56. The second-order valence-electron chi connectivity index (χ2n) is 6.61. The summed E-state index contributed by atoms with van der Waals surface area (Å²) in [5.41, 5.74) is 0. The van der Waals surface area contributed by atoms with Crippen molar-refractivity contribution >= 4 is 28.9 Å². The van der Waals surface area contributed by atoms with E-state index in [-0.39, 0.29) is 23.5 Å². The molecule has 24 heavy (non-hydrogen) atoms. The number of ketones is 1. The van der Waals surface area contributed by atoms with E-state index in [1.54, 1.807) is 0 Å². The van der Waals surface area contributed by atoms with Gasteiger partial charge in [0.2, 0.25) is 11.8 Å². The molecule has 1 aromatic heterocycles. The Balaban J connectivity index is 1.46. The fourth-order valence-corrected chi connectivity index (χ4v) is 4.30. The van der Waals surface area contributed by atoms with Crippen LogP contribution in [0.3, 0.4) is 0 Å². The molecule has 5 nitrogen and oxygen atoms in total. The average Bonchev–Trinajstić information content (AvgIpc) is 3.26. The summed E-state index contributed by atoms with van der Waals surface area (Å²) in [5, 5.41) is 1.92. The van der Waals surface area contributed by atoms with Crippen molar-refractivity contribution in [3.63, 3.8) is 0 Å². The average molecular weight is 348 g/mol. The molecule has 0 radical (unpaired) electrons. The number of nitrogens with zero attached hydrogens (tertiary/aromatic N) is 2. The van der Waals surface area contributed by atoms with Gasteiger partial charge < -0.3 is 9.80 Å². The molecule has 2 aliphatic rings. The molecular formula is C18H24N2O3S. The summed E-state index contributed by atoms with van der Waals surface area (Å²) in [6, 6.07) is 3.75. The van der Waals surface area contributed by atoms with Crippen molar-refractivity contribution in [3.8, 4) is 0 Å². The summed E-state index contributed by atoms with van der Waals surface area (Å²) < 4.78 is 0. The molecule has 0 saturated carbocycles. The van der Waals surface area contributed by atoms with Crippen molar-refractivity contribution in [1.29, 1.82) is 0 Å². The minimum atomic E-state index is -0.0680. The van der Waals surface area contributed by atoms with Crippen molar-refractivity contribution in [2.45, 2.75) is 38.5 Å². The Labute approximate surface area is 146 Å². The van der Waals surface area contributed by atoms with E-state index in [9.17, 15) is 14.4 Å². The number of hydrogen-bond acceptors (Lipinski definition) is 4. The maximum atomic E-state index is 12.5. The fraction of sp³-hybridized carbons (Fsp3) is 0.611. The number of carbonyl (C=O) groups excluding carboxylic acids is 3. The highest BCUT2D eigenvalue weighted by Gasteiger charge is 2.29. The van der Waals surface area contributed by atoms with Crippen LogP contribution in [0.15, 0.2) is 17.5 Å². The smallest absolute Gasteiger partial charge is 0.222 e. The molecule has 2 fully saturated rings. The molecule has 2 aliphatic heterocycles. The number of amides is 2. The first kappa shape index (κ1) is 17.1. The molecule has 3 rings (SSSR count). The first-order valence-corrected chi connectivity index (χ1v) is 9.66. The van der Waals surface area contributed by atoms with Crippen LogP contribution in [-0.4, -0.2) is 53.6 Å². The van der Waals surface area contributed by atoms with Gasteiger partial charge in [-0.05, 0) is 37.1 Å². The Morgan fingerprint density at radius 3 is 2.83 bits per heavy atom. The Hall–Kier alpha value is -1.69. The van der Waals surface area contributed by atoms with Crippen molar-refractivity contribution in [2.24, 2.45) is 5.92 Å². The lowest BCUT2D eigenvalue weighted by Gasteiger charge is -2.32. The van der Waals surface area contributed by atoms with Gasteiger partial charge >= 0.3 is 0 Å². The summed E-state index contributed by atoms with van der Waals surface area (Å²) in [7, 11) is 0. The predicted octanol–water partition coefficient (Wildman–Crippen LogP) is 2.57. The Kier molecular flexibility index (Phi) is 5.66. The van der Waals surface area contributed by atoms with Crippen LogP contribution in [-0.2, 0) is 9.59 Å². The Bertz CT molecular complexity index is 599. The van der Waals surface area contributed by atoms with E-state index in [0.29, 0.717) is 32.4 Å². The lowest BCUT2D eigenvalue weighted by molar-refractivity contribution is -0.133. The second kappa shape index (κ2) is 7.92. The molecule has 1 atom stereocenters. The third kappa shape index (κ3) is 4.04. The van der Waals surface area contributed by atoms with Crippen LogP contribution in [0.5, 0.6) is 0 Å². The van der Waals surface area contributed by atoms with Crippen molar-refractivity contribution in [2.75, 3.05) is 26.2 Å². The van der Waals surface area contributed by atoms with E-state index in [1.807, 2.05) is 27.3 Å². The first-order valence-electron chi connectivity index (χ1n) is 8.78. The zero-order valence-electron chi connectivity index (χ0n) is 13.9. The molecule has 0 aromatic carbocycles. The van der Waals surface area contributed by atoms with E-state index in [0.717, 1.165) is 37.2 Å². The molecule has 2 amide bonds. The lowest BCUT2D eigenvalue weighted by atomic mass is 9.92. The van der Waals surface area contributed by atoms with Gasteiger partial charge in [-0.1, -0.05) is 6.07 Å². The van der Waals surface area contributed by atoms with Gasteiger partial charge in [-0.3, -0.25) is 14.4 Å². The minimum Gasteiger partial charge on any atom is -0.343 e. The van der Waals surface area contributed by atoms with Gasteiger partial charge in [-0.2, -0.15) is 0 Å². The molecule has 1 aromatic rings. The maximum absolute atomic E-state index is 12.5. The Morgan fingerprint density at radius 2 is 2.12 bits per heavy atom. The highest BCUT2D eigenvalue weighted by Crippen LogP contribution is 2.24. The van der Waals surface area contributed by atoms with Crippen LogP contribution in [0.4, 0.5) is 0 Å². The van der Waals surface area contributed by atoms with E-state index in [2.05, 4.69) is 0 Å². The molecule has 0 spiro atoms. The summed E-state index contributed by atoms with van der Waals surface area (Å²) in [5.74, 6) is 0.430. The summed E-state index contributed by atoms with van der Waals surface area (Å²) in [6.45, 7) is 2.79. The number of carbonyl (C=O) groups is 3. The molecule has 0 bridgehead atoms. The first-order chi connectivity index (χ1) is 11.6. The molecule has 3 heterocycles. The summed E-state index contributed by atoms with van der Waals surface area (Å²) >= 11 is 1.47. The summed E-state index contributed by atoms with van der Waals surface area (Å²) in [6.07, 6.45) is 4.51. The van der Waals surface area contributed by atoms with E-state index in [1.165, 1.54) is 11.3 Å². The van der Waals surface area contributed by atoms with Crippen LogP contribution in [0, 0.1) is 5.92 Å². The number of rotatable bonds is 6. The fourth-order valence-electron chi connectivity index (χ4n) is 3.56. The normalized spacial score (nSPS) is 21.3. The van der Waals surface area contributed by atoms with Crippen molar-refractivity contribution in [1.82, 2.24) is 9.80 Å². The molecular weight excluding hydrogens is 324 g/mol. The van der Waals surface area contributed by atoms with Gasteiger partial charge in [-0.25, -0.2) is 0 Å². The van der Waals surface area contributed by atoms with Crippen molar-refractivity contribution in [3.05, 3.63) is 22.4 Å². The van der Waals surface area contributed by atoms with Crippen LogP contribution in [0.2, 0.25) is 0 Å². The number of Topliss-reactive ketones (excluding diaryl/α,β-unsaturated/α-hetero) is 1. The number of likely N-dealkylation sites (tertiary alicyclic amines) is 2. The maximum Gasteiger partial charge on any atom is 0.222 e. The van der Waals surface area contributed by atoms with E-state index < -0.39 is 0 Å². The van der Waals surface area contributed by atoms with Gasteiger partial charge in [0.25, 0.3) is 0 Å². The Morgan fingerprint density at radius 1 is 1.25 bits per heavy atom. The van der Waals surface area contributed by atoms with Crippen LogP contribution < -0.4 is 0 Å². The van der Waals surface area contributed by atoms with E-state index >= 15 is 0 Å². The molecule has 130 valence electrons. The van der Waals surface area contributed by atoms with Crippen molar-refractivity contribution < 1.29 is 14.4 Å². The highest BCUT2D eigenvalue weighted by molar-refractivity contribution is 7.12. The van der Waals surface area contributed by atoms with Crippen LogP contribution in [0.1, 0.15) is 48.2 Å². The topological polar surface area (TPSA) is 57.7 Å². The van der Waals surface area contributed by atoms with Crippen LogP contribution in [0.25, 0.3) is 0 Å². The molecule has 0 unspecified atom stereocenters. The van der Waals surface area contributed by atoms with Gasteiger partial charge in [-0.15, -0.1) is 11.3 Å².